The Morgan fingerprint density at radius 3 is 2.57 bits per heavy atom. The van der Waals surface area contributed by atoms with Gasteiger partial charge < -0.3 is 5.32 Å². The molecule has 0 radical (unpaired) electrons. The van der Waals surface area contributed by atoms with Crippen LogP contribution in [0.4, 0.5) is 4.39 Å². The number of nitrogens with one attached hydrogen (secondary N) is 1. The summed E-state index contributed by atoms with van der Waals surface area (Å²) in [5.74, 6) is 0.765. The van der Waals surface area contributed by atoms with Crippen LogP contribution in [0.25, 0.3) is 0 Å². The highest BCUT2D eigenvalue weighted by atomic mass is 19.1. The highest BCUT2D eigenvalue weighted by molar-refractivity contribution is 5.17. The van der Waals surface area contributed by atoms with E-state index in [0.29, 0.717) is 12.1 Å². The maximum Gasteiger partial charge on any atom is 0.127 e. The molecule has 0 spiro atoms. The second-order valence-electron chi connectivity index (χ2n) is 7.75. The zero-order valence-electron chi connectivity index (χ0n) is 13.4. The molecule has 2 unspecified atom stereocenters. The van der Waals surface area contributed by atoms with E-state index in [1.165, 1.54) is 12.8 Å². The molecule has 0 amide bonds. The summed E-state index contributed by atoms with van der Waals surface area (Å²) in [6, 6.07) is 8.24. The average molecular weight is 290 g/mol. The maximum atomic E-state index is 14.0. The van der Waals surface area contributed by atoms with Gasteiger partial charge >= 0.3 is 0 Å². The molecule has 21 heavy (non-hydrogen) atoms. The standard InChI is InChI=1S/C18H27FN2/c1-18(2,3)17-10-20-16(13-8-9-13)12-21(17)11-14-6-4-5-7-15(14)19/h4-7,13,16-17,20H,8-12H2,1-3H3. The van der Waals surface area contributed by atoms with Gasteiger partial charge in [0, 0.05) is 37.3 Å². The summed E-state index contributed by atoms with van der Waals surface area (Å²) in [5.41, 5.74) is 1.02. The van der Waals surface area contributed by atoms with Gasteiger partial charge in [0.1, 0.15) is 5.82 Å². The molecular formula is C18H27FN2. The number of halogens is 1. The fourth-order valence-electron chi connectivity index (χ4n) is 3.52. The Hall–Kier alpha value is -0.930. The van der Waals surface area contributed by atoms with E-state index in [9.17, 15) is 4.39 Å². The van der Waals surface area contributed by atoms with Crippen LogP contribution in [0.1, 0.15) is 39.2 Å². The van der Waals surface area contributed by atoms with E-state index in [1.807, 2.05) is 12.1 Å². The fourth-order valence-corrected chi connectivity index (χ4v) is 3.52. The summed E-state index contributed by atoms with van der Waals surface area (Å²) >= 11 is 0. The molecule has 2 atom stereocenters. The summed E-state index contributed by atoms with van der Waals surface area (Å²) in [5, 5.41) is 3.73. The predicted octanol–water partition coefficient (Wildman–Crippen LogP) is 3.42. The Labute approximate surface area is 127 Å². The summed E-state index contributed by atoms with van der Waals surface area (Å²) in [6.45, 7) is 9.63. The summed E-state index contributed by atoms with van der Waals surface area (Å²) < 4.78 is 14.0. The van der Waals surface area contributed by atoms with E-state index >= 15 is 0 Å². The van der Waals surface area contributed by atoms with Crippen molar-refractivity contribution in [3.8, 4) is 0 Å². The van der Waals surface area contributed by atoms with E-state index < -0.39 is 0 Å². The molecule has 0 aromatic heterocycles. The molecule has 2 fully saturated rings. The first kappa shape index (κ1) is 15.0. The molecule has 1 aromatic carbocycles. The van der Waals surface area contributed by atoms with E-state index in [0.717, 1.165) is 31.1 Å². The first-order valence-corrected chi connectivity index (χ1v) is 8.16. The minimum atomic E-state index is -0.0772. The van der Waals surface area contributed by atoms with Crippen LogP contribution in [0, 0.1) is 17.2 Å². The minimum Gasteiger partial charge on any atom is -0.311 e. The SMILES string of the molecule is CC(C)(C)C1CNC(C2CC2)CN1Cc1ccccc1F. The summed E-state index contributed by atoms with van der Waals surface area (Å²) in [6.07, 6.45) is 2.71. The number of nitrogens with zero attached hydrogens (tertiary/aromatic N) is 1. The van der Waals surface area contributed by atoms with Crippen molar-refractivity contribution in [3.05, 3.63) is 35.6 Å². The van der Waals surface area contributed by atoms with Gasteiger partial charge in [0.2, 0.25) is 0 Å². The van der Waals surface area contributed by atoms with Gasteiger partial charge in [-0.05, 0) is 30.2 Å². The zero-order chi connectivity index (χ0) is 15.0. The molecule has 1 saturated carbocycles. The topological polar surface area (TPSA) is 15.3 Å². The first-order valence-electron chi connectivity index (χ1n) is 8.16. The largest absolute Gasteiger partial charge is 0.311 e. The zero-order valence-corrected chi connectivity index (χ0v) is 13.4. The molecular weight excluding hydrogens is 263 g/mol. The van der Waals surface area contributed by atoms with Crippen LogP contribution in [-0.4, -0.2) is 30.1 Å². The number of piperazine rings is 1. The molecule has 1 aliphatic heterocycles. The van der Waals surface area contributed by atoms with Gasteiger partial charge in [-0.3, -0.25) is 4.90 Å². The van der Waals surface area contributed by atoms with Crippen LogP contribution in [0.5, 0.6) is 0 Å². The number of hydrogen-bond acceptors (Lipinski definition) is 2. The molecule has 116 valence electrons. The highest BCUT2D eigenvalue weighted by Crippen LogP contribution is 2.36. The van der Waals surface area contributed by atoms with Gasteiger partial charge in [-0.2, -0.15) is 0 Å². The molecule has 1 saturated heterocycles. The minimum absolute atomic E-state index is 0.0772. The molecule has 1 aliphatic carbocycles. The van der Waals surface area contributed by atoms with Crippen molar-refractivity contribution in [3.63, 3.8) is 0 Å². The molecule has 1 heterocycles. The molecule has 3 heteroatoms. The second kappa shape index (κ2) is 5.69. The van der Waals surface area contributed by atoms with Crippen molar-refractivity contribution >= 4 is 0 Å². The quantitative estimate of drug-likeness (QED) is 0.917. The van der Waals surface area contributed by atoms with Crippen molar-refractivity contribution in [2.45, 2.75) is 52.2 Å². The highest BCUT2D eigenvalue weighted by Gasteiger charge is 2.40. The third-order valence-electron chi connectivity index (χ3n) is 4.97. The van der Waals surface area contributed by atoms with E-state index in [-0.39, 0.29) is 11.2 Å². The summed E-state index contributed by atoms with van der Waals surface area (Å²) in [7, 11) is 0. The van der Waals surface area contributed by atoms with Crippen molar-refractivity contribution in [1.82, 2.24) is 10.2 Å². The summed E-state index contributed by atoms with van der Waals surface area (Å²) in [4.78, 5) is 2.50. The fraction of sp³-hybridized carbons (Fsp3) is 0.667. The molecule has 2 aliphatic rings. The lowest BCUT2D eigenvalue weighted by Gasteiger charge is -2.46. The van der Waals surface area contributed by atoms with Crippen LogP contribution in [0.3, 0.4) is 0 Å². The van der Waals surface area contributed by atoms with Gasteiger partial charge in [-0.25, -0.2) is 4.39 Å². The van der Waals surface area contributed by atoms with Crippen molar-refractivity contribution < 1.29 is 4.39 Å². The van der Waals surface area contributed by atoms with Crippen molar-refractivity contribution in [1.29, 1.82) is 0 Å². The Balaban J connectivity index is 1.77. The van der Waals surface area contributed by atoms with E-state index in [1.54, 1.807) is 12.1 Å². The van der Waals surface area contributed by atoms with Gasteiger partial charge in [0.25, 0.3) is 0 Å². The Morgan fingerprint density at radius 2 is 1.95 bits per heavy atom. The van der Waals surface area contributed by atoms with Crippen LogP contribution < -0.4 is 5.32 Å². The maximum absolute atomic E-state index is 14.0. The van der Waals surface area contributed by atoms with Crippen molar-refractivity contribution in [2.75, 3.05) is 13.1 Å². The second-order valence-corrected chi connectivity index (χ2v) is 7.75. The lowest BCUT2D eigenvalue weighted by Crippen LogP contribution is -2.60. The Bertz CT molecular complexity index is 490. The molecule has 3 rings (SSSR count). The predicted molar refractivity (Wildman–Crippen MR) is 84.6 cm³/mol. The Morgan fingerprint density at radius 1 is 1.24 bits per heavy atom. The van der Waals surface area contributed by atoms with Crippen LogP contribution >= 0.6 is 0 Å². The van der Waals surface area contributed by atoms with Gasteiger partial charge in [-0.1, -0.05) is 39.0 Å². The van der Waals surface area contributed by atoms with Gasteiger partial charge in [0.05, 0.1) is 0 Å². The van der Waals surface area contributed by atoms with Crippen LogP contribution in [0.2, 0.25) is 0 Å². The molecule has 1 N–H and O–H groups in total. The first-order chi connectivity index (χ1) is 9.95. The van der Waals surface area contributed by atoms with E-state index in [4.69, 9.17) is 0 Å². The monoisotopic (exact) mass is 290 g/mol. The van der Waals surface area contributed by atoms with E-state index in [2.05, 4.69) is 31.0 Å². The van der Waals surface area contributed by atoms with Crippen LogP contribution in [-0.2, 0) is 6.54 Å². The number of benzene rings is 1. The lowest BCUT2D eigenvalue weighted by molar-refractivity contribution is 0.0441. The lowest BCUT2D eigenvalue weighted by atomic mass is 9.83. The normalized spacial score (nSPS) is 27.8. The van der Waals surface area contributed by atoms with Gasteiger partial charge in [0.15, 0.2) is 0 Å². The van der Waals surface area contributed by atoms with Gasteiger partial charge in [-0.15, -0.1) is 0 Å². The Kier molecular flexibility index (Phi) is 4.06. The number of hydrogen-bond donors (Lipinski definition) is 1. The van der Waals surface area contributed by atoms with Crippen LogP contribution in [0.15, 0.2) is 24.3 Å². The molecule has 0 bridgehead atoms. The average Bonchev–Trinajstić information content (AvgIpc) is 3.24. The number of rotatable bonds is 3. The smallest absolute Gasteiger partial charge is 0.127 e. The van der Waals surface area contributed by atoms with Crippen molar-refractivity contribution in [2.24, 2.45) is 11.3 Å². The molecule has 2 nitrogen and oxygen atoms in total. The molecule has 1 aromatic rings. The third kappa shape index (κ3) is 3.46. The third-order valence-corrected chi connectivity index (χ3v) is 4.97.